The van der Waals surface area contributed by atoms with Crippen molar-refractivity contribution in [3.05, 3.63) is 110 Å². The van der Waals surface area contributed by atoms with Gasteiger partial charge in [0.15, 0.2) is 23.0 Å². The molecule has 0 aliphatic heterocycles. The molecule has 0 unspecified atom stereocenters. The number of hydrogen-bond donors (Lipinski definition) is 0. The summed E-state index contributed by atoms with van der Waals surface area (Å²) in [5, 5.41) is 0. The molecule has 208 valence electrons. The molecule has 0 saturated carbocycles. The molecule has 8 nitrogen and oxygen atoms in total. The van der Waals surface area contributed by atoms with Gasteiger partial charge in [0.05, 0.1) is 0 Å². The molecule has 0 bridgehead atoms. The van der Waals surface area contributed by atoms with Crippen LogP contribution in [0.2, 0.25) is 0 Å². The Morgan fingerprint density at radius 1 is 0.610 bits per heavy atom. The number of benzene rings is 3. The van der Waals surface area contributed by atoms with Crippen molar-refractivity contribution in [3.63, 3.8) is 0 Å². The molecule has 0 aliphatic carbocycles. The molecule has 0 N–H and O–H groups in total. The fourth-order valence-electron chi connectivity index (χ4n) is 3.29. The molecule has 0 aliphatic rings. The van der Waals surface area contributed by atoms with Crippen molar-refractivity contribution in [2.24, 2.45) is 0 Å². The van der Waals surface area contributed by atoms with Gasteiger partial charge >= 0.3 is 23.9 Å². The third-order valence-electron chi connectivity index (χ3n) is 5.36. The van der Waals surface area contributed by atoms with Crippen LogP contribution in [0.25, 0.3) is 22.3 Å². The lowest BCUT2D eigenvalue weighted by atomic mass is 9.99. The average Bonchev–Trinajstić information content (AvgIpc) is 2.94. The van der Waals surface area contributed by atoms with E-state index in [1.54, 1.807) is 12.1 Å². The van der Waals surface area contributed by atoms with E-state index in [1.165, 1.54) is 56.3 Å². The molecule has 3 rings (SSSR count). The molecule has 0 atom stereocenters. The molecule has 0 radical (unpaired) electrons. The number of ether oxygens (including phenoxy) is 4. The van der Waals surface area contributed by atoms with Gasteiger partial charge < -0.3 is 18.9 Å². The van der Waals surface area contributed by atoms with Crippen molar-refractivity contribution in [1.82, 2.24) is 0 Å². The third kappa shape index (κ3) is 7.51. The summed E-state index contributed by atoms with van der Waals surface area (Å²) in [7, 11) is 0. The van der Waals surface area contributed by atoms with E-state index in [2.05, 4.69) is 26.3 Å². The Hall–Kier alpha value is -5.57. The quantitative estimate of drug-likeness (QED) is 0.163. The van der Waals surface area contributed by atoms with Crippen molar-refractivity contribution in [2.75, 3.05) is 0 Å². The van der Waals surface area contributed by atoms with Gasteiger partial charge in [-0.1, -0.05) is 50.6 Å². The van der Waals surface area contributed by atoms with Crippen LogP contribution in [-0.4, -0.2) is 23.9 Å². The van der Waals surface area contributed by atoms with Gasteiger partial charge in [-0.25, -0.2) is 23.6 Å². The minimum atomic E-state index is -0.792. The Balaban J connectivity index is 2.02. The molecule has 0 amide bonds. The first-order valence-corrected chi connectivity index (χ1v) is 12.0. The Bertz CT molecular complexity index is 1620. The van der Waals surface area contributed by atoms with Crippen LogP contribution in [0.1, 0.15) is 13.8 Å². The molecule has 0 aromatic heterocycles. The second-order valence-electron chi connectivity index (χ2n) is 8.61. The zero-order valence-electron chi connectivity index (χ0n) is 22.3. The van der Waals surface area contributed by atoms with Crippen molar-refractivity contribution in [1.29, 1.82) is 0 Å². The fraction of sp³-hybridized carbons (Fsp3) is 0.0625. The van der Waals surface area contributed by atoms with Crippen LogP contribution >= 0.6 is 0 Å². The first-order valence-electron chi connectivity index (χ1n) is 12.0. The van der Waals surface area contributed by atoms with Crippen molar-refractivity contribution >= 4 is 23.9 Å². The van der Waals surface area contributed by atoms with Crippen LogP contribution in [-0.2, 0) is 19.2 Å². The van der Waals surface area contributed by atoms with Gasteiger partial charge in [-0.2, -0.15) is 0 Å². The third-order valence-corrected chi connectivity index (χ3v) is 5.36. The lowest BCUT2D eigenvalue weighted by molar-refractivity contribution is -0.132. The molecule has 0 heterocycles. The van der Waals surface area contributed by atoms with Gasteiger partial charge in [0.1, 0.15) is 5.82 Å². The Labute approximate surface area is 235 Å². The number of rotatable bonds is 10. The van der Waals surface area contributed by atoms with Gasteiger partial charge in [-0.05, 0) is 60.9 Å². The molecule has 9 heteroatoms. The fourth-order valence-corrected chi connectivity index (χ4v) is 3.29. The SMILES string of the molecule is C=CC(=O)Oc1ccc(-c2ccc(-c3ccc(OC(=O)C(=C)C)c(OC(=O)C(=C)C)c3)c(F)c2)cc1OC(=O)C=C. The summed E-state index contributed by atoms with van der Waals surface area (Å²) in [6, 6.07) is 12.9. The maximum absolute atomic E-state index is 15.4. The predicted octanol–water partition coefficient (Wildman–Crippen LogP) is 6.31. The van der Waals surface area contributed by atoms with Crippen LogP contribution < -0.4 is 18.9 Å². The van der Waals surface area contributed by atoms with E-state index in [1.807, 2.05) is 0 Å². The van der Waals surface area contributed by atoms with E-state index in [0.717, 1.165) is 12.2 Å². The minimum absolute atomic E-state index is 0.0461. The summed E-state index contributed by atoms with van der Waals surface area (Å²) in [4.78, 5) is 47.7. The molecule has 3 aromatic rings. The number of carbonyl (C=O) groups excluding carboxylic acids is 4. The standard InChI is InChI=1S/C32H25FO8/c1-7-29(34)38-25-13-10-21(16-27(25)39-30(35)8-2)20-9-12-23(24(33)15-20)22-11-14-26(40-31(36)18(3)4)28(17-22)41-32(37)19(5)6/h7-17H,1-3,5H2,4,6H3. The molecule has 0 fully saturated rings. The van der Waals surface area contributed by atoms with Crippen molar-refractivity contribution < 1.29 is 42.5 Å². The molecule has 41 heavy (non-hydrogen) atoms. The van der Waals surface area contributed by atoms with Gasteiger partial charge in [0, 0.05) is 28.9 Å². The lowest BCUT2D eigenvalue weighted by Gasteiger charge is -2.14. The average molecular weight is 557 g/mol. The summed E-state index contributed by atoms with van der Waals surface area (Å²) in [5.74, 6) is -4.01. The van der Waals surface area contributed by atoms with E-state index in [4.69, 9.17) is 18.9 Å². The molecule has 3 aromatic carbocycles. The number of hydrogen-bond acceptors (Lipinski definition) is 8. The van der Waals surface area contributed by atoms with Crippen LogP contribution in [0.15, 0.2) is 104 Å². The maximum Gasteiger partial charge on any atom is 0.338 e. The van der Waals surface area contributed by atoms with Gasteiger partial charge in [-0.15, -0.1) is 0 Å². The van der Waals surface area contributed by atoms with Gasteiger partial charge in [0.2, 0.25) is 0 Å². The van der Waals surface area contributed by atoms with E-state index in [0.29, 0.717) is 16.7 Å². The normalized spacial score (nSPS) is 10.1. The zero-order chi connectivity index (χ0) is 30.3. The first-order chi connectivity index (χ1) is 19.4. The zero-order valence-corrected chi connectivity index (χ0v) is 22.3. The number of carbonyl (C=O) groups is 4. The van der Waals surface area contributed by atoms with E-state index >= 15 is 4.39 Å². The highest BCUT2D eigenvalue weighted by molar-refractivity contribution is 5.91. The highest BCUT2D eigenvalue weighted by atomic mass is 19.1. The monoisotopic (exact) mass is 556 g/mol. The number of halogens is 1. The maximum atomic E-state index is 15.4. The van der Waals surface area contributed by atoms with Crippen LogP contribution in [0.5, 0.6) is 23.0 Å². The molecular weight excluding hydrogens is 531 g/mol. The highest BCUT2D eigenvalue weighted by Crippen LogP contribution is 2.37. The lowest BCUT2D eigenvalue weighted by Crippen LogP contribution is -2.12. The van der Waals surface area contributed by atoms with Crippen LogP contribution in [0.4, 0.5) is 4.39 Å². The molecular formula is C32H25FO8. The summed E-state index contributed by atoms with van der Waals surface area (Å²) in [5.41, 5.74) is 1.55. The topological polar surface area (TPSA) is 105 Å². The van der Waals surface area contributed by atoms with E-state index in [-0.39, 0.29) is 39.7 Å². The van der Waals surface area contributed by atoms with Crippen molar-refractivity contribution in [2.45, 2.75) is 13.8 Å². The minimum Gasteiger partial charge on any atom is -0.419 e. The smallest absolute Gasteiger partial charge is 0.338 e. The predicted molar refractivity (Wildman–Crippen MR) is 150 cm³/mol. The highest BCUT2D eigenvalue weighted by Gasteiger charge is 2.18. The summed E-state index contributed by atoms with van der Waals surface area (Å²) in [6.45, 7) is 16.6. The second kappa shape index (κ2) is 13.0. The van der Waals surface area contributed by atoms with E-state index < -0.39 is 29.7 Å². The Morgan fingerprint density at radius 2 is 1.02 bits per heavy atom. The van der Waals surface area contributed by atoms with Crippen molar-refractivity contribution in [3.8, 4) is 45.3 Å². The largest absolute Gasteiger partial charge is 0.419 e. The molecule has 0 spiro atoms. The van der Waals surface area contributed by atoms with Crippen LogP contribution in [0, 0.1) is 5.82 Å². The van der Waals surface area contributed by atoms with Gasteiger partial charge in [0.25, 0.3) is 0 Å². The van der Waals surface area contributed by atoms with Crippen LogP contribution in [0.3, 0.4) is 0 Å². The van der Waals surface area contributed by atoms with E-state index in [9.17, 15) is 19.2 Å². The Morgan fingerprint density at radius 3 is 1.56 bits per heavy atom. The summed E-state index contributed by atoms with van der Waals surface area (Å²) in [6.07, 6.45) is 1.88. The number of esters is 4. The Kier molecular flexibility index (Phi) is 9.50. The molecule has 0 saturated heterocycles. The van der Waals surface area contributed by atoms with Gasteiger partial charge in [-0.3, -0.25) is 0 Å². The second-order valence-corrected chi connectivity index (χ2v) is 8.61. The first kappa shape index (κ1) is 30.0. The summed E-state index contributed by atoms with van der Waals surface area (Å²) < 4.78 is 36.3. The summed E-state index contributed by atoms with van der Waals surface area (Å²) >= 11 is 0.